The molecule has 1 aliphatic heterocycles. The second-order valence-corrected chi connectivity index (χ2v) is 7.42. The van der Waals surface area contributed by atoms with Gasteiger partial charge in [-0.1, -0.05) is 0 Å². The van der Waals surface area contributed by atoms with Crippen molar-refractivity contribution in [3.8, 4) is 17.2 Å². The molecular weight excluding hydrogens is 384 g/mol. The molecular formula is C22H28N4O4. The van der Waals surface area contributed by atoms with E-state index in [2.05, 4.69) is 19.8 Å². The number of rotatable bonds is 6. The zero-order valence-corrected chi connectivity index (χ0v) is 18.0. The molecule has 8 nitrogen and oxygen atoms in total. The van der Waals surface area contributed by atoms with Crippen LogP contribution in [0.2, 0.25) is 0 Å². The number of benzene rings is 1. The minimum absolute atomic E-state index is 0.616. The van der Waals surface area contributed by atoms with Crippen LogP contribution in [0.3, 0.4) is 0 Å². The first-order valence-electron chi connectivity index (χ1n) is 10.1. The first kappa shape index (κ1) is 20.3. The van der Waals surface area contributed by atoms with Gasteiger partial charge in [-0.05, 0) is 43.2 Å². The Hall–Kier alpha value is -3.00. The van der Waals surface area contributed by atoms with Gasteiger partial charge in [0.1, 0.15) is 0 Å². The van der Waals surface area contributed by atoms with Crippen molar-refractivity contribution in [2.24, 2.45) is 0 Å². The van der Waals surface area contributed by atoms with E-state index in [1.807, 2.05) is 31.2 Å². The monoisotopic (exact) mass is 412 g/mol. The summed E-state index contributed by atoms with van der Waals surface area (Å²) in [7, 11) is 4.90. The lowest BCUT2D eigenvalue weighted by Gasteiger charge is -2.22. The van der Waals surface area contributed by atoms with Gasteiger partial charge in [0.05, 0.1) is 21.3 Å². The molecule has 3 heterocycles. The SMILES string of the molecule is COc1cc(CN2CCCN(c3nc4nc(C)ccc4o3)CC2)cc(OC)c1OC. The molecule has 0 atom stereocenters. The lowest BCUT2D eigenvalue weighted by atomic mass is 10.1. The number of anilines is 1. The number of hydrogen-bond acceptors (Lipinski definition) is 8. The summed E-state index contributed by atoms with van der Waals surface area (Å²) in [5, 5.41) is 0. The number of hydrogen-bond donors (Lipinski definition) is 0. The minimum Gasteiger partial charge on any atom is -0.493 e. The van der Waals surface area contributed by atoms with Gasteiger partial charge in [0.15, 0.2) is 17.1 Å². The van der Waals surface area contributed by atoms with Gasteiger partial charge in [-0.3, -0.25) is 4.90 Å². The molecule has 0 aliphatic carbocycles. The molecule has 1 aromatic carbocycles. The van der Waals surface area contributed by atoms with E-state index in [1.54, 1.807) is 21.3 Å². The molecule has 0 unspecified atom stereocenters. The van der Waals surface area contributed by atoms with Crippen LogP contribution in [0, 0.1) is 6.92 Å². The Labute approximate surface area is 176 Å². The quantitative estimate of drug-likeness (QED) is 0.611. The summed E-state index contributed by atoms with van der Waals surface area (Å²) in [6.45, 7) is 6.40. The van der Waals surface area contributed by atoms with Gasteiger partial charge in [0.25, 0.3) is 6.01 Å². The van der Waals surface area contributed by atoms with E-state index in [0.29, 0.717) is 28.9 Å². The van der Waals surface area contributed by atoms with Gasteiger partial charge in [-0.15, -0.1) is 0 Å². The summed E-state index contributed by atoms with van der Waals surface area (Å²) in [6, 6.07) is 8.55. The Morgan fingerprint density at radius 3 is 2.40 bits per heavy atom. The molecule has 3 aromatic rings. The van der Waals surface area contributed by atoms with E-state index in [1.165, 1.54) is 0 Å². The van der Waals surface area contributed by atoms with Gasteiger partial charge in [0, 0.05) is 38.4 Å². The van der Waals surface area contributed by atoms with Crippen LogP contribution in [0.25, 0.3) is 11.2 Å². The first-order valence-corrected chi connectivity index (χ1v) is 10.1. The van der Waals surface area contributed by atoms with Gasteiger partial charge in [-0.2, -0.15) is 4.98 Å². The molecule has 0 bridgehead atoms. The largest absolute Gasteiger partial charge is 0.493 e. The van der Waals surface area contributed by atoms with Gasteiger partial charge in [0.2, 0.25) is 11.4 Å². The summed E-state index contributed by atoms with van der Waals surface area (Å²) in [6.07, 6.45) is 1.02. The van der Waals surface area contributed by atoms with Crippen LogP contribution < -0.4 is 19.1 Å². The maximum atomic E-state index is 5.94. The molecule has 2 aromatic heterocycles. The van der Waals surface area contributed by atoms with Crippen molar-refractivity contribution >= 4 is 17.2 Å². The van der Waals surface area contributed by atoms with Crippen LogP contribution in [-0.4, -0.2) is 62.4 Å². The molecule has 1 saturated heterocycles. The average Bonchev–Trinajstić information content (AvgIpc) is 3.03. The smallest absolute Gasteiger partial charge is 0.299 e. The molecule has 0 radical (unpaired) electrons. The molecule has 1 fully saturated rings. The lowest BCUT2D eigenvalue weighted by molar-refractivity contribution is 0.282. The molecule has 0 amide bonds. The van der Waals surface area contributed by atoms with Crippen molar-refractivity contribution in [1.82, 2.24) is 14.9 Å². The van der Waals surface area contributed by atoms with E-state index < -0.39 is 0 Å². The number of methoxy groups -OCH3 is 3. The highest BCUT2D eigenvalue weighted by Gasteiger charge is 2.21. The highest BCUT2D eigenvalue weighted by Crippen LogP contribution is 2.38. The van der Waals surface area contributed by atoms with Crippen LogP contribution >= 0.6 is 0 Å². The number of oxazole rings is 1. The predicted molar refractivity (Wildman–Crippen MR) is 115 cm³/mol. The summed E-state index contributed by atoms with van der Waals surface area (Å²) < 4.78 is 22.3. The summed E-state index contributed by atoms with van der Waals surface area (Å²) >= 11 is 0. The van der Waals surface area contributed by atoms with Crippen molar-refractivity contribution in [3.05, 3.63) is 35.5 Å². The third-order valence-corrected chi connectivity index (χ3v) is 5.37. The third kappa shape index (κ3) is 4.14. The first-order chi connectivity index (χ1) is 14.6. The van der Waals surface area contributed by atoms with Crippen molar-refractivity contribution in [3.63, 3.8) is 0 Å². The fourth-order valence-electron chi connectivity index (χ4n) is 3.84. The zero-order valence-electron chi connectivity index (χ0n) is 18.0. The molecule has 160 valence electrons. The highest BCUT2D eigenvalue weighted by molar-refractivity contribution is 5.70. The average molecular weight is 412 g/mol. The number of fused-ring (bicyclic) bond motifs is 1. The van der Waals surface area contributed by atoms with Crippen LogP contribution in [0.15, 0.2) is 28.7 Å². The van der Waals surface area contributed by atoms with Crippen LogP contribution in [0.4, 0.5) is 6.01 Å². The second kappa shape index (κ2) is 8.79. The van der Waals surface area contributed by atoms with Gasteiger partial charge < -0.3 is 23.5 Å². The lowest BCUT2D eigenvalue weighted by Crippen LogP contribution is -2.30. The van der Waals surface area contributed by atoms with E-state index in [9.17, 15) is 0 Å². The number of aryl methyl sites for hydroxylation is 1. The molecule has 0 saturated carbocycles. The Morgan fingerprint density at radius 1 is 0.933 bits per heavy atom. The minimum atomic E-state index is 0.616. The number of nitrogens with zero attached hydrogens (tertiary/aromatic N) is 4. The fourth-order valence-corrected chi connectivity index (χ4v) is 3.84. The Kier molecular flexibility index (Phi) is 5.94. The van der Waals surface area contributed by atoms with Crippen LogP contribution in [-0.2, 0) is 6.54 Å². The number of aromatic nitrogens is 2. The Morgan fingerprint density at radius 2 is 1.70 bits per heavy atom. The van der Waals surface area contributed by atoms with E-state index in [4.69, 9.17) is 18.6 Å². The topological polar surface area (TPSA) is 73.1 Å². The Balaban J connectivity index is 1.46. The predicted octanol–water partition coefficient (Wildman–Crippen LogP) is 3.27. The molecule has 0 N–H and O–H groups in total. The number of pyridine rings is 1. The molecule has 8 heteroatoms. The van der Waals surface area contributed by atoms with Crippen LogP contribution in [0.1, 0.15) is 17.7 Å². The summed E-state index contributed by atoms with van der Waals surface area (Å²) in [5.41, 5.74) is 3.46. The van der Waals surface area contributed by atoms with E-state index in [-0.39, 0.29) is 0 Å². The third-order valence-electron chi connectivity index (χ3n) is 5.37. The zero-order chi connectivity index (χ0) is 21.1. The van der Waals surface area contributed by atoms with Gasteiger partial charge >= 0.3 is 0 Å². The van der Waals surface area contributed by atoms with Crippen molar-refractivity contribution in [2.75, 3.05) is 52.4 Å². The normalized spacial score (nSPS) is 15.3. The maximum Gasteiger partial charge on any atom is 0.299 e. The Bertz CT molecular complexity index is 995. The fraction of sp³-hybridized carbons (Fsp3) is 0.455. The molecule has 30 heavy (non-hydrogen) atoms. The van der Waals surface area contributed by atoms with E-state index >= 15 is 0 Å². The van der Waals surface area contributed by atoms with Crippen molar-refractivity contribution in [1.29, 1.82) is 0 Å². The molecule has 4 rings (SSSR count). The van der Waals surface area contributed by atoms with Crippen molar-refractivity contribution in [2.45, 2.75) is 19.9 Å². The standard InChI is InChI=1S/C22H28N4O4/c1-15-6-7-17-21(23-15)24-22(30-17)26-9-5-8-25(10-11-26)14-16-12-18(27-2)20(29-4)19(13-16)28-3/h6-7,12-13H,5,8-11,14H2,1-4H3. The van der Waals surface area contributed by atoms with Gasteiger partial charge in [-0.25, -0.2) is 4.98 Å². The summed E-state index contributed by atoms with van der Waals surface area (Å²) in [4.78, 5) is 13.7. The van der Waals surface area contributed by atoms with Crippen LogP contribution in [0.5, 0.6) is 17.2 Å². The molecule has 1 aliphatic rings. The highest BCUT2D eigenvalue weighted by atomic mass is 16.5. The molecule has 0 spiro atoms. The maximum absolute atomic E-state index is 5.94. The van der Waals surface area contributed by atoms with E-state index in [0.717, 1.165) is 56.0 Å². The number of ether oxygens (including phenoxy) is 3. The summed E-state index contributed by atoms with van der Waals surface area (Å²) in [5.74, 6) is 1.97. The second-order valence-electron chi connectivity index (χ2n) is 7.42. The van der Waals surface area contributed by atoms with Crippen molar-refractivity contribution < 1.29 is 18.6 Å².